The summed E-state index contributed by atoms with van der Waals surface area (Å²) in [6.07, 6.45) is 0. The number of hydrogen-bond acceptors (Lipinski definition) is 5. The van der Waals surface area contributed by atoms with Crippen molar-refractivity contribution in [1.29, 1.82) is 0 Å². The molecule has 0 radical (unpaired) electrons. The number of pyridine rings is 1. The molecule has 128 valence electrons. The standard InChI is InChI=1S/C18H13Cl2NO4/c1-9-15(19)17(16(20)10(2)21-9)24-8-13(22)12-7-11-5-3-4-6-14(11)25-18(12)23/h3-7H,8H2,1-2H3. The molecular weight excluding hydrogens is 365 g/mol. The van der Waals surface area contributed by atoms with Crippen LogP contribution in [0.3, 0.4) is 0 Å². The molecule has 0 N–H and O–H groups in total. The van der Waals surface area contributed by atoms with E-state index in [9.17, 15) is 9.59 Å². The molecule has 0 saturated heterocycles. The number of fused-ring (bicyclic) bond motifs is 1. The minimum absolute atomic E-state index is 0.0894. The number of Topliss-reactive ketones (excluding diaryl/α,β-unsaturated/α-hetero) is 1. The molecule has 25 heavy (non-hydrogen) atoms. The Morgan fingerprint density at radius 2 is 1.80 bits per heavy atom. The highest BCUT2D eigenvalue weighted by Gasteiger charge is 2.18. The van der Waals surface area contributed by atoms with Crippen LogP contribution in [0, 0.1) is 13.8 Å². The molecule has 1 aromatic carbocycles. The number of aromatic nitrogens is 1. The lowest BCUT2D eigenvalue weighted by molar-refractivity contribution is 0.0918. The van der Waals surface area contributed by atoms with E-state index in [1.807, 2.05) is 0 Å². The molecule has 3 rings (SSSR count). The van der Waals surface area contributed by atoms with Crippen LogP contribution in [-0.2, 0) is 0 Å². The Morgan fingerprint density at radius 1 is 1.16 bits per heavy atom. The van der Waals surface area contributed by atoms with Gasteiger partial charge in [0.1, 0.15) is 21.2 Å². The fourth-order valence-corrected chi connectivity index (χ4v) is 2.80. The Hall–Kier alpha value is -2.37. The second kappa shape index (κ2) is 6.86. The van der Waals surface area contributed by atoms with Crippen molar-refractivity contribution in [2.24, 2.45) is 0 Å². The number of nitrogens with zero attached hydrogens (tertiary/aromatic N) is 1. The molecule has 0 unspecified atom stereocenters. The molecule has 5 nitrogen and oxygen atoms in total. The van der Waals surface area contributed by atoms with Crippen LogP contribution in [0.4, 0.5) is 0 Å². The molecule has 0 amide bonds. The maximum atomic E-state index is 12.4. The molecule has 0 atom stereocenters. The van der Waals surface area contributed by atoms with Gasteiger partial charge < -0.3 is 9.15 Å². The van der Waals surface area contributed by atoms with Crippen molar-refractivity contribution in [3.8, 4) is 5.75 Å². The molecular formula is C18H13Cl2NO4. The average Bonchev–Trinajstić information content (AvgIpc) is 2.59. The van der Waals surface area contributed by atoms with Crippen molar-refractivity contribution in [3.63, 3.8) is 0 Å². The van der Waals surface area contributed by atoms with Gasteiger partial charge in [-0.15, -0.1) is 0 Å². The van der Waals surface area contributed by atoms with Gasteiger partial charge in [0.15, 0.2) is 12.4 Å². The molecule has 2 heterocycles. The van der Waals surface area contributed by atoms with Crippen LogP contribution in [0.15, 0.2) is 39.5 Å². The Labute approximate surface area is 153 Å². The van der Waals surface area contributed by atoms with Gasteiger partial charge in [-0.25, -0.2) is 4.79 Å². The molecule has 3 aromatic rings. The lowest BCUT2D eigenvalue weighted by Crippen LogP contribution is -2.20. The van der Waals surface area contributed by atoms with Gasteiger partial charge in [-0.1, -0.05) is 41.4 Å². The summed E-state index contributed by atoms with van der Waals surface area (Å²) >= 11 is 12.3. The second-order valence-electron chi connectivity index (χ2n) is 5.44. The summed E-state index contributed by atoms with van der Waals surface area (Å²) in [4.78, 5) is 28.6. The SMILES string of the molecule is Cc1nc(C)c(Cl)c(OCC(=O)c2cc3ccccc3oc2=O)c1Cl. The van der Waals surface area contributed by atoms with Crippen LogP contribution < -0.4 is 10.4 Å². The van der Waals surface area contributed by atoms with Crippen molar-refractivity contribution >= 4 is 40.0 Å². The first-order valence-electron chi connectivity index (χ1n) is 7.39. The summed E-state index contributed by atoms with van der Waals surface area (Å²) in [6.45, 7) is 3.02. The number of benzene rings is 1. The fraction of sp³-hybridized carbons (Fsp3) is 0.167. The number of ether oxygens (including phenoxy) is 1. The van der Waals surface area contributed by atoms with Crippen LogP contribution in [0.5, 0.6) is 5.75 Å². The van der Waals surface area contributed by atoms with Crippen LogP contribution in [0.25, 0.3) is 11.0 Å². The van der Waals surface area contributed by atoms with Gasteiger partial charge >= 0.3 is 5.63 Å². The first-order chi connectivity index (χ1) is 11.9. The monoisotopic (exact) mass is 377 g/mol. The molecule has 0 aliphatic rings. The number of ketones is 1. The topological polar surface area (TPSA) is 69.4 Å². The van der Waals surface area contributed by atoms with E-state index in [1.54, 1.807) is 38.1 Å². The minimum atomic E-state index is -0.716. The highest BCUT2D eigenvalue weighted by molar-refractivity contribution is 6.37. The summed E-state index contributed by atoms with van der Waals surface area (Å²) in [7, 11) is 0. The van der Waals surface area contributed by atoms with E-state index >= 15 is 0 Å². The quantitative estimate of drug-likeness (QED) is 0.498. The number of rotatable bonds is 4. The number of carbonyl (C=O) groups is 1. The Kier molecular flexibility index (Phi) is 4.79. The molecule has 2 aromatic heterocycles. The van der Waals surface area contributed by atoms with Gasteiger partial charge in [-0.05, 0) is 26.0 Å². The molecule has 0 fully saturated rings. The van der Waals surface area contributed by atoms with Gasteiger partial charge in [0.2, 0.25) is 5.78 Å². The second-order valence-corrected chi connectivity index (χ2v) is 6.19. The van der Waals surface area contributed by atoms with Gasteiger partial charge in [-0.3, -0.25) is 9.78 Å². The molecule has 0 aliphatic heterocycles. The summed E-state index contributed by atoms with van der Waals surface area (Å²) in [5.41, 5.74) is 0.684. The van der Waals surface area contributed by atoms with Crippen LogP contribution in [0.1, 0.15) is 21.7 Å². The number of carbonyl (C=O) groups excluding carboxylic acids is 1. The first-order valence-corrected chi connectivity index (χ1v) is 8.15. The molecule has 0 spiro atoms. The fourth-order valence-electron chi connectivity index (χ4n) is 2.37. The van der Waals surface area contributed by atoms with Crippen molar-refractivity contribution in [1.82, 2.24) is 4.98 Å². The third kappa shape index (κ3) is 3.38. The predicted molar refractivity (Wildman–Crippen MR) is 96.0 cm³/mol. The van der Waals surface area contributed by atoms with Crippen molar-refractivity contribution in [2.45, 2.75) is 13.8 Å². The minimum Gasteiger partial charge on any atom is -0.482 e. The third-order valence-electron chi connectivity index (χ3n) is 3.66. The van der Waals surface area contributed by atoms with Crippen molar-refractivity contribution in [2.75, 3.05) is 6.61 Å². The zero-order valence-corrected chi connectivity index (χ0v) is 14.9. The van der Waals surface area contributed by atoms with Crippen molar-refractivity contribution in [3.05, 3.63) is 67.7 Å². The molecule has 0 aliphatic carbocycles. The van der Waals surface area contributed by atoms with Crippen LogP contribution >= 0.6 is 23.2 Å². The van der Waals surface area contributed by atoms with Gasteiger partial charge in [0, 0.05) is 5.39 Å². The number of hydrogen-bond donors (Lipinski definition) is 0. The van der Waals surface area contributed by atoms with E-state index in [1.165, 1.54) is 6.07 Å². The number of halogens is 2. The zero-order chi connectivity index (χ0) is 18.1. The van der Waals surface area contributed by atoms with Crippen LogP contribution in [0.2, 0.25) is 10.0 Å². The highest BCUT2D eigenvalue weighted by atomic mass is 35.5. The zero-order valence-electron chi connectivity index (χ0n) is 13.4. The average molecular weight is 378 g/mol. The molecule has 7 heteroatoms. The van der Waals surface area contributed by atoms with Gasteiger partial charge in [0.25, 0.3) is 0 Å². The van der Waals surface area contributed by atoms with Gasteiger partial charge in [0.05, 0.1) is 11.4 Å². The van der Waals surface area contributed by atoms with E-state index < -0.39 is 18.0 Å². The summed E-state index contributed by atoms with van der Waals surface area (Å²) in [5, 5.41) is 1.11. The Balaban J connectivity index is 1.89. The largest absolute Gasteiger partial charge is 0.482 e. The van der Waals surface area contributed by atoms with Crippen molar-refractivity contribution < 1.29 is 13.9 Å². The number of aryl methyl sites for hydroxylation is 2. The van der Waals surface area contributed by atoms with E-state index in [0.717, 1.165) is 0 Å². The smallest absolute Gasteiger partial charge is 0.347 e. The molecule has 0 saturated carbocycles. The normalized spacial score (nSPS) is 10.9. The maximum absolute atomic E-state index is 12.4. The summed E-state index contributed by atoms with van der Waals surface area (Å²) < 4.78 is 10.6. The Bertz CT molecular complexity index is 1020. The van der Waals surface area contributed by atoms with E-state index in [4.69, 9.17) is 32.4 Å². The van der Waals surface area contributed by atoms with Gasteiger partial charge in [-0.2, -0.15) is 0 Å². The highest BCUT2D eigenvalue weighted by Crippen LogP contribution is 2.36. The summed E-state index contributed by atoms with van der Waals surface area (Å²) in [5.74, 6) is -0.356. The van der Waals surface area contributed by atoms with E-state index in [2.05, 4.69) is 4.98 Å². The maximum Gasteiger partial charge on any atom is 0.347 e. The number of para-hydroxylation sites is 1. The Morgan fingerprint density at radius 3 is 2.48 bits per heavy atom. The first kappa shape index (κ1) is 17.5. The summed E-state index contributed by atoms with van der Waals surface area (Å²) in [6, 6.07) is 8.42. The van der Waals surface area contributed by atoms with E-state index in [-0.39, 0.29) is 21.4 Å². The molecule has 0 bridgehead atoms. The van der Waals surface area contributed by atoms with E-state index in [0.29, 0.717) is 22.4 Å². The predicted octanol–water partition coefficient (Wildman–Crippen LogP) is 4.37. The third-order valence-corrected chi connectivity index (χ3v) is 4.55. The lowest BCUT2D eigenvalue weighted by Gasteiger charge is -2.12. The van der Waals surface area contributed by atoms with Crippen LogP contribution in [-0.4, -0.2) is 17.4 Å². The lowest BCUT2D eigenvalue weighted by atomic mass is 10.1.